The van der Waals surface area contributed by atoms with E-state index >= 15 is 0 Å². The van der Waals surface area contributed by atoms with Gasteiger partial charge in [0.05, 0.1) is 0 Å². The van der Waals surface area contributed by atoms with Crippen LogP contribution in [0.2, 0.25) is 0 Å². The molecule has 0 saturated carbocycles. The molecule has 0 fully saturated rings. The zero-order valence-electron chi connectivity index (χ0n) is 5.44. The van der Waals surface area contributed by atoms with Crippen LogP contribution in [0, 0.1) is 0 Å². The van der Waals surface area contributed by atoms with Crippen molar-refractivity contribution in [3.8, 4) is 0 Å². The second kappa shape index (κ2) is 2.12. The number of hydrogen-bond acceptors (Lipinski definition) is 1. The van der Waals surface area contributed by atoms with Gasteiger partial charge in [0, 0.05) is 11.9 Å². The van der Waals surface area contributed by atoms with Gasteiger partial charge in [-0.25, -0.2) is 0 Å². The molecule has 1 aliphatic rings. The molecule has 0 saturated heterocycles. The average molecular weight is 109 g/mol. The largest absolute Gasteiger partial charge is 0.266 e. The molecule has 1 heterocycles. The van der Waals surface area contributed by atoms with Crippen LogP contribution in [0.25, 0.3) is 0 Å². The summed E-state index contributed by atoms with van der Waals surface area (Å²) in [5.41, 5.74) is 2.64. The van der Waals surface area contributed by atoms with E-state index in [4.69, 9.17) is 0 Å². The molecule has 0 bridgehead atoms. The van der Waals surface area contributed by atoms with E-state index in [1.165, 1.54) is 17.7 Å². The van der Waals surface area contributed by atoms with Gasteiger partial charge in [-0.05, 0) is 26.7 Å². The molecule has 0 aliphatic carbocycles. The number of nitrogens with zero attached hydrogens (tertiary/aromatic N) is 1. The molecule has 1 heteroatoms. The van der Waals surface area contributed by atoms with Crippen molar-refractivity contribution >= 4 is 6.21 Å². The molecule has 0 aromatic heterocycles. The standard InChI is InChI=1S/C7H11N/c1-6-4-3-5-8-7(6)2/h5H,3-4H2,1-2H3. The van der Waals surface area contributed by atoms with Gasteiger partial charge in [0.15, 0.2) is 0 Å². The van der Waals surface area contributed by atoms with Gasteiger partial charge in [-0.1, -0.05) is 5.57 Å². The monoisotopic (exact) mass is 109 g/mol. The van der Waals surface area contributed by atoms with E-state index in [9.17, 15) is 0 Å². The Kier molecular flexibility index (Phi) is 1.47. The third kappa shape index (κ3) is 0.971. The maximum Gasteiger partial charge on any atom is 0.0358 e. The van der Waals surface area contributed by atoms with Gasteiger partial charge in [-0.2, -0.15) is 0 Å². The summed E-state index contributed by atoms with van der Waals surface area (Å²) in [6.45, 7) is 4.21. The Bertz CT molecular complexity index is 142. The highest BCUT2D eigenvalue weighted by Crippen LogP contribution is 2.13. The maximum atomic E-state index is 4.17. The second-order valence-corrected chi connectivity index (χ2v) is 2.22. The molecule has 1 nitrogen and oxygen atoms in total. The summed E-state index contributed by atoms with van der Waals surface area (Å²) in [6, 6.07) is 0. The van der Waals surface area contributed by atoms with Crippen LogP contribution < -0.4 is 0 Å². The molecular formula is C7H11N. The van der Waals surface area contributed by atoms with Gasteiger partial charge >= 0.3 is 0 Å². The fourth-order valence-electron chi connectivity index (χ4n) is 0.774. The third-order valence-electron chi connectivity index (χ3n) is 1.55. The van der Waals surface area contributed by atoms with Crippen molar-refractivity contribution in [2.24, 2.45) is 4.99 Å². The second-order valence-electron chi connectivity index (χ2n) is 2.22. The summed E-state index contributed by atoms with van der Waals surface area (Å²) in [4.78, 5) is 4.17. The highest BCUT2D eigenvalue weighted by molar-refractivity contribution is 5.61. The molecule has 0 atom stereocenters. The van der Waals surface area contributed by atoms with Crippen LogP contribution in [0.4, 0.5) is 0 Å². The van der Waals surface area contributed by atoms with E-state index in [1.54, 1.807) is 0 Å². The first kappa shape index (κ1) is 5.54. The van der Waals surface area contributed by atoms with E-state index in [0.29, 0.717) is 0 Å². The lowest BCUT2D eigenvalue weighted by atomic mass is 10.1. The van der Waals surface area contributed by atoms with E-state index in [2.05, 4.69) is 18.8 Å². The van der Waals surface area contributed by atoms with Crippen molar-refractivity contribution in [2.75, 3.05) is 0 Å². The predicted molar refractivity (Wildman–Crippen MR) is 36.1 cm³/mol. The Balaban J connectivity index is 2.76. The molecule has 8 heavy (non-hydrogen) atoms. The van der Waals surface area contributed by atoms with Crippen LogP contribution in [-0.4, -0.2) is 6.21 Å². The van der Waals surface area contributed by atoms with Crippen molar-refractivity contribution in [2.45, 2.75) is 26.7 Å². The van der Waals surface area contributed by atoms with Gasteiger partial charge in [-0.3, -0.25) is 4.99 Å². The molecule has 0 radical (unpaired) electrons. The Morgan fingerprint density at radius 3 is 2.62 bits per heavy atom. The Hall–Kier alpha value is -0.590. The number of aliphatic imine (C=N–C) groups is 1. The topological polar surface area (TPSA) is 12.4 Å². The van der Waals surface area contributed by atoms with Gasteiger partial charge in [0.25, 0.3) is 0 Å². The Morgan fingerprint density at radius 1 is 1.50 bits per heavy atom. The molecule has 0 spiro atoms. The van der Waals surface area contributed by atoms with Crippen molar-refractivity contribution in [1.82, 2.24) is 0 Å². The fourth-order valence-corrected chi connectivity index (χ4v) is 0.774. The summed E-state index contributed by atoms with van der Waals surface area (Å²) in [7, 11) is 0. The van der Waals surface area contributed by atoms with Crippen molar-refractivity contribution in [1.29, 1.82) is 0 Å². The molecule has 0 aromatic carbocycles. The lowest BCUT2D eigenvalue weighted by Gasteiger charge is -2.05. The summed E-state index contributed by atoms with van der Waals surface area (Å²) in [5.74, 6) is 0. The minimum Gasteiger partial charge on any atom is -0.266 e. The predicted octanol–water partition coefficient (Wildman–Crippen LogP) is 2.14. The van der Waals surface area contributed by atoms with E-state index in [-0.39, 0.29) is 0 Å². The first-order valence-electron chi connectivity index (χ1n) is 2.99. The van der Waals surface area contributed by atoms with Gasteiger partial charge in [0.1, 0.15) is 0 Å². The fraction of sp³-hybridized carbons (Fsp3) is 0.571. The van der Waals surface area contributed by atoms with Gasteiger partial charge < -0.3 is 0 Å². The first-order valence-corrected chi connectivity index (χ1v) is 2.99. The van der Waals surface area contributed by atoms with Crippen molar-refractivity contribution < 1.29 is 0 Å². The van der Waals surface area contributed by atoms with Crippen LogP contribution >= 0.6 is 0 Å². The minimum absolute atomic E-state index is 1.13. The molecule has 0 N–H and O–H groups in total. The minimum atomic E-state index is 1.13. The number of hydrogen-bond donors (Lipinski definition) is 0. The SMILES string of the molecule is CC1=C(C)N=CCC1. The molecule has 1 rings (SSSR count). The molecule has 0 unspecified atom stereocenters. The van der Waals surface area contributed by atoms with Gasteiger partial charge in [-0.15, -0.1) is 0 Å². The van der Waals surface area contributed by atoms with E-state index < -0.39 is 0 Å². The highest BCUT2D eigenvalue weighted by atomic mass is 14.7. The maximum absolute atomic E-state index is 4.17. The van der Waals surface area contributed by atoms with E-state index in [0.717, 1.165) is 6.42 Å². The molecule has 1 aliphatic heterocycles. The average Bonchev–Trinajstić information content (AvgIpc) is 1.77. The Morgan fingerprint density at radius 2 is 2.25 bits per heavy atom. The van der Waals surface area contributed by atoms with Crippen LogP contribution in [0.3, 0.4) is 0 Å². The zero-order valence-corrected chi connectivity index (χ0v) is 5.44. The van der Waals surface area contributed by atoms with Crippen molar-refractivity contribution in [3.63, 3.8) is 0 Å². The smallest absolute Gasteiger partial charge is 0.0358 e. The summed E-state index contributed by atoms with van der Waals surface area (Å²) in [5, 5.41) is 0. The van der Waals surface area contributed by atoms with Crippen LogP contribution in [0.1, 0.15) is 26.7 Å². The highest BCUT2D eigenvalue weighted by Gasteiger charge is 1.97. The molecule has 44 valence electrons. The van der Waals surface area contributed by atoms with Crippen molar-refractivity contribution in [3.05, 3.63) is 11.3 Å². The Labute approximate surface area is 50.1 Å². The van der Waals surface area contributed by atoms with Crippen LogP contribution in [0.5, 0.6) is 0 Å². The van der Waals surface area contributed by atoms with Crippen LogP contribution in [0.15, 0.2) is 16.3 Å². The lowest BCUT2D eigenvalue weighted by molar-refractivity contribution is 0.955. The summed E-state index contributed by atoms with van der Waals surface area (Å²) >= 11 is 0. The molecule has 0 aromatic rings. The molecule has 0 amide bonds. The normalized spacial score (nSPS) is 19.8. The lowest BCUT2D eigenvalue weighted by Crippen LogP contribution is -1.90. The third-order valence-corrected chi connectivity index (χ3v) is 1.55. The van der Waals surface area contributed by atoms with Crippen LogP contribution in [-0.2, 0) is 0 Å². The quantitative estimate of drug-likeness (QED) is 0.452. The summed E-state index contributed by atoms with van der Waals surface area (Å²) in [6.07, 6.45) is 4.32. The first-order chi connectivity index (χ1) is 3.80. The van der Waals surface area contributed by atoms with E-state index in [1.807, 2.05) is 6.21 Å². The number of rotatable bonds is 0. The molecular weight excluding hydrogens is 98.1 g/mol. The van der Waals surface area contributed by atoms with Gasteiger partial charge in [0.2, 0.25) is 0 Å². The zero-order chi connectivity index (χ0) is 5.98. The summed E-state index contributed by atoms with van der Waals surface area (Å²) < 4.78 is 0. The number of allylic oxidation sites excluding steroid dienone is 2.